The van der Waals surface area contributed by atoms with Crippen molar-refractivity contribution in [2.24, 2.45) is 0 Å². The van der Waals surface area contributed by atoms with Gasteiger partial charge in [0.25, 0.3) is 0 Å². The minimum Gasteiger partial charge on any atom is -0.369 e. The SMILES string of the molecule is Fc1cc(F)cc(N2CCNC(Cc3ccccc3)C2)c1. The van der Waals surface area contributed by atoms with Gasteiger partial charge < -0.3 is 10.2 Å². The number of hydrogen-bond acceptors (Lipinski definition) is 2. The first kappa shape index (κ1) is 14.0. The number of benzene rings is 2. The summed E-state index contributed by atoms with van der Waals surface area (Å²) >= 11 is 0. The van der Waals surface area contributed by atoms with Crippen LogP contribution in [0.3, 0.4) is 0 Å². The minimum atomic E-state index is -0.525. The molecule has 0 bridgehead atoms. The van der Waals surface area contributed by atoms with Gasteiger partial charge in [0.1, 0.15) is 11.6 Å². The molecule has 1 aliphatic heterocycles. The summed E-state index contributed by atoms with van der Waals surface area (Å²) in [6.07, 6.45) is 0.912. The number of hydrogen-bond donors (Lipinski definition) is 1. The highest BCUT2D eigenvalue weighted by Gasteiger charge is 2.20. The Morgan fingerprint density at radius 1 is 1.05 bits per heavy atom. The van der Waals surface area contributed by atoms with E-state index in [1.807, 2.05) is 23.1 Å². The van der Waals surface area contributed by atoms with Crippen molar-refractivity contribution in [2.75, 3.05) is 24.5 Å². The van der Waals surface area contributed by atoms with Gasteiger partial charge >= 0.3 is 0 Å². The molecule has 0 amide bonds. The summed E-state index contributed by atoms with van der Waals surface area (Å²) in [6, 6.07) is 14.2. The minimum absolute atomic E-state index is 0.285. The molecule has 0 aromatic heterocycles. The van der Waals surface area contributed by atoms with Crippen LogP contribution >= 0.6 is 0 Å². The predicted octanol–water partition coefficient (Wildman–Crippen LogP) is 2.99. The topological polar surface area (TPSA) is 15.3 Å². The van der Waals surface area contributed by atoms with Gasteiger partial charge in [0.2, 0.25) is 0 Å². The molecule has 1 aliphatic rings. The Morgan fingerprint density at radius 2 is 1.76 bits per heavy atom. The summed E-state index contributed by atoms with van der Waals surface area (Å²) in [5.74, 6) is -1.05. The number of piperazine rings is 1. The Hall–Kier alpha value is -1.94. The van der Waals surface area contributed by atoms with E-state index in [0.29, 0.717) is 5.69 Å². The lowest BCUT2D eigenvalue weighted by molar-refractivity contribution is 0.453. The molecule has 1 N–H and O–H groups in total. The number of nitrogens with zero attached hydrogens (tertiary/aromatic N) is 1. The fraction of sp³-hybridized carbons (Fsp3) is 0.294. The first-order valence-corrected chi connectivity index (χ1v) is 7.19. The van der Waals surface area contributed by atoms with Gasteiger partial charge in [-0.15, -0.1) is 0 Å². The molecule has 1 fully saturated rings. The maximum absolute atomic E-state index is 13.3. The van der Waals surface area contributed by atoms with E-state index in [-0.39, 0.29) is 6.04 Å². The van der Waals surface area contributed by atoms with Gasteiger partial charge in [-0.3, -0.25) is 0 Å². The van der Waals surface area contributed by atoms with Crippen molar-refractivity contribution in [1.29, 1.82) is 0 Å². The maximum Gasteiger partial charge on any atom is 0.128 e. The standard InChI is InChI=1S/C17H18F2N2/c18-14-9-15(19)11-17(10-14)21-7-6-20-16(12-21)8-13-4-2-1-3-5-13/h1-5,9-11,16,20H,6-8,12H2. The smallest absolute Gasteiger partial charge is 0.128 e. The van der Waals surface area contributed by atoms with E-state index < -0.39 is 11.6 Å². The number of anilines is 1. The van der Waals surface area contributed by atoms with Crippen LogP contribution in [0.15, 0.2) is 48.5 Å². The first-order chi connectivity index (χ1) is 10.2. The Balaban J connectivity index is 1.70. The zero-order chi connectivity index (χ0) is 14.7. The molecule has 21 heavy (non-hydrogen) atoms. The van der Waals surface area contributed by atoms with Crippen molar-refractivity contribution in [3.8, 4) is 0 Å². The van der Waals surface area contributed by atoms with E-state index >= 15 is 0 Å². The van der Waals surface area contributed by atoms with E-state index in [4.69, 9.17) is 0 Å². The Morgan fingerprint density at radius 3 is 2.48 bits per heavy atom. The van der Waals surface area contributed by atoms with Crippen LogP contribution < -0.4 is 10.2 Å². The van der Waals surface area contributed by atoms with Crippen LogP contribution in [-0.2, 0) is 6.42 Å². The quantitative estimate of drug-likeness (QED) is 0.934. The predicted molar refractivity (Wildman–Crippen MR) is 80.5 cm³/mol. The zero-order valence-corrected chi connectivity index (χ0v) is 11.7. The molecule has 4 heteroatoms. The molecule has 0 saturated carbocycles. The molecule has 1 atom stereocenters. The first-order valence-electron chi connectivity index (χ1n) is 7.19. The van der Waals surface area contributed by atoms with Crippen LogP contribution in [0.4, 0.5) is 14.5 Å². The fourth-order valence-electron chi connectivity index (χ4n) is 2.82. The van der Waals surface area contributed by atoms with Crippen LogP contribution in [0.2, 0.25) is 0 Å². The van der Waals surface area contributed by atoms with Crippen LogP contribution in [0.25, 0.3) is 0 Å². The third kappa shape index (κ3) is 3.58. The van der Waals surface area contributed by atoms with Crippen molar-refractivity contribution >= 4 is 5.69 Å². The summed E-state index contributed by atoms with van der Waals surface area (Å²) in [4.78, 5) is 2.04. The van der Waals surface area contributed by atoms with Crippen molar-refractivity contribution < 1.29 is 8.78 Å². The molecule has 1 unspecified atom stereocenters. The molecule has 2 aromatic carbocycles. The lowest BCUT2D eigenvalue weighted by atomic mass is 10.0. The normalized spacial score (nSPS) is 18.8. The van der Waals surface area contributed by atoms with Crippen LogP contribution in [0.5, 0.6) is 0 Å². The lowest BCUT2D eigenvalue weighted by Gasteiger charge is -2.35. The van der Waals surface area contributed by atoms with E-state index in [9.17, 15) is 8.78 Å². The van der Waals surface area contributed by atoms with Crippen molar-refractivity contribution in [1.82, 2.24) is 5.32 Å². The van der Waals surface area contributed by atoms with Crippen molar-refractivity contribution in [2.45, 2.75) is 12.5 Å². The van der Waals surface area contributed by atoms with Gasteiger partial charge in [-0.05, 0) is 24.1 Å². The molecule has 2 nitrogen and oxygen atoms in total. The van der Waals surface area contributed by atoms with Gasteiger partial charge in [0.15, 0.2) is 0 Å². The highest BCUT2D eigenvalue weighted by atomic mass is 19.1. The molecule has 110 valence electrons. The molecular formula is C17H18F2N2. The molecule has 0 spiro atoms. The summed E-state index contributed by atoms with van der Waals surface area (Å²) in [5.41, 5.74) is 1.88. The highest BCUT2D eigenvalue weighted by molar-refractivity contribution is 5.47. The van der Waals surface area contributed by atoms with E-state index in [2.05, 4.69) is 17.4 Å². The second-order valence-corrected chi connectivity index (χ2v) is 5.41. The highest BCUT2D eigenvalue weighted by Crippen LogP contribution is 2.20. The summed E-state index contributed by atoms with van der Waals surface area (Å²) < 4.78 is 26.7. The van der Waals surface area contributed by atoms with Gasteiger partial charge in [0.05, 0.1) is 0 Å². The maximum atomic E-state index is 13.3. The fourth-order valence-corrected chi connectivity index (χ4v) is 2.82. The number of halogens is 2. The third-order valence-electron chi connectivity index (χ3n) is 3.79. The van der Waals surface area contributed by atoms with Crippen LogP contribution in [0, 0.1) is 11.6 Å². The molecule has 1 heterocycles. The van der Waals surface area contributed by atoms with Crippen LogP contribution in [0.1, 0.15) is 5.56 Å². The van der Waals surface area contributed by atoms with Crippen molar-refractivity contribution in [3.05, 3.63) is 65.7 Å². The molecule has 1 saturated heterocycles. The van der Waals surface area contributed by atoms with Gasteiger partial charge in [-0.1, -0.05) is 30.3 Å². The number of nitrogens with one attached hydrogen (secondary N) is 1. The number of rotatable bonds is 3. The lowest BCUT2D eigenvalue weighted by Crippen LogP contribution is -2.51. The van der Waals surface area contributed by atoms with Gasteiger partial charge in [-0.25, -0.2) is 8.78 Å². The summed E-state index contributed by atoms with van der Waals surface area (Å²) in [7, 11) is 0. The summed E-state index contributed by atoms with van der Waals surface area (Å²) in [5, 5.41) is 3.47. The Labute approximate surface area is 123 Å². The van der Waals surface area contributed by atoms with Gasteiger partial charge in [-0.2, -0.15) is 0 Å². The zero-order valence-electron chi connectivity index (χ0n) is 11.7. The average Bonchev–Trinajstić information content (AvgIpc) is 2.47. The largest absolute Gasteiger partial charge is 0.369 e. The average molecular weight is 288 g/mol. The Kier molecular flexibility index (Phi) is 4.15. The van der Waals surface area contributed by atoms with Crippen molar-refractivity contribution in [3.63, 3.8) is 0 Å². The second kappa shape index (κ2) is 6.22. The molecule has 2 aromatic rings. The molecule has 0 radical (unpaired) electrons. The van der Waals surface area contributed by atoms with E-state index in [0.717, 1.165) is 32.1 Å². The molecule has 3 rings (SSSR count). The third-order valence-corrected chi connectivity index (χ3v) is 3.79. The molecule has 0 aliphatic carbocycles. The second-order valence-electron chi connectivity index (χ2n) is 5.41. The molecular weight excluding hydrogens is 270 g/mol. The Bertz CT molecular complexity index is 581. The van der Waals surface area contributed by atoms with Crippen LogP contribution in [-0.4, -0.2) is 25.7 Å². The van der Waals surface area contributed by atoms with E-state index in [1.165, 1.54) is 17.7 Å². The monoisotopic (exact) mass is 288 g/mol. The van der Waals surface area contributed by atoms with Gasteiger partial charge in [0, 0.05) is 37.4 Å². The van der Waals surface area contributed by atoms with E-state index in [1.54, 1.807) is 0 Å². The summed E-state index contributed by atoms with van der Waals surface area (Å²) in [6.45, 7) is 2.32.